The molecule has 0 fully saturated rings. The quantitative estimate of drug-likeness (QED) is 0.0483. The molecule has 0 amide bonds. The molecular weight excluding hydrogens is 729 g/mol. The number of rotatable bonds is 6. The second-order valence-corrected chi connectivity index (χ2v) is 14.1. The van der Waals surface area contributed by atoms with E-state index >= 15 is 0 Å². The van der Waals surface area contributed by atoms with Gasteiger partial charge in [-0.2, -0.15) is 4.98 Å². The fourth-order valence-electron chi connectivity index (χ4n) is 5.26. The van der Waals surface area contributed by atoms with E-state index in [9.17, 15) is 14.4 Å². The first-order valence-corrected chi connectivity index (χ1v) is 17.9. The van der Waals surface area contributed by atoms with Crippen molar-refractivity contribution in [3.8, 4) is 22.2 Å². The zero-order valence-electron chi connectivity index (χ0n) is 30.2. The number of oxime groups is 1. The smallest absolute Gasteiger partial charge is 0.345 e. The number of amidine groups is 1. The minimum absolute atomic E-state index is 0.00131. The normalized spacial score (nSPS) is 11.0. The fourth-order valence-corrected chi connectivity index (χ4v) is 7.43. The Balaban J connectivity index is 0.000000170. The molecule has 14 heteroatoms. The van der Waals surface area contributed by atoms with Crippen molar-refractivity contribution in [3.63, 3.8) is 0 Å². The number of fused-ring (bicyclic) bond motifs is 2. The number of methoxy groups -OCH3 is 2. The molecule has 0 saturated heterocycles. The molecule has 0 aliphatic carbocycles. The van der Waals surface area contributed by atoms with Crippen LogP contribution in [0.25, 0.3) is 42.3 Å². The molecule has 7 rings (SSSR count). The number of aromatic carboxylic acids is 1. The summed E-state index contributed by atoms with van der Waals surface area (Å²) >= 11 is 3.00. The van der Waals surface area contributed by atoms with Crippen LogP contribution in [0.15, 0.2) is 94.6 Å². The van der Waals surface area contributed by atoms with E-state index in [-0.39, 0.29) is 11.8 Å². The van der Waals surface area contributed by atoms with Crippen LogP contribution in [-0.4, -0.2) is 58.4 Å². The molecule has 12 nitrogen and oxygen atoms in total. The molecule has 4 aromatic carbocycles. The number of aryl methyl sites for hydroxylation is 4. The number of thiophene rings is 2. The number of hydrogen-bond acceptors (Lipinski definition) is 12. The molecule has 0 radical (unpaired) electrons. The summed E-state index contributed by atoms with van der Waals surface area (Å²) < 4.78 is 17.0. The van der Waals surface area contributed by atoms with Crippen LogP contribution in [0.4, 0.5) is 0 Å². The molecule has 3 aromatic heterocycles. The van der Waals surface area contributed by atoms with Crippen LogP contribution in [0.1, 0.15) is 58.2 Å². The van der Waals surface area contributed by atoms with E-state index in [0.717, 1.165) is 31.7 Å². The van der Waals surface area contributed by atoms with Gasteiger partial charge in [0.15, 0.2) is 5.84 Å². The molecule has 0 aliphatic rings. The van der Waals surface area contributed by atoms with Crippen LogP contribution in [0.5, 0.6) is 0 Å². The van der Waals surface area contributed by atoms with Crippen LogP contribution in [0.3, 0.4) is 0 Å². The third kappa shape index (κ3) is 8.62. The van der Waals surface area contributed by atoms with Gasteiger partial charge < -0.3 is 30.0 Å². The molecular formula is C40H36N4O8S2. The van der Waals surface area contributed by atoms with Gasteiger partial charge in [-0.25, -0.2) is 14.4 Å². The largest absolute Gasteiger partial charge is 0.477 e. The van der Waals surface area contributed by atoms with E-state index < -0.39 is 11.9 Å². The highest BCUT2D eigenvalue weighted by Gasteiger charge is 2.16. The summed E-state index contributed by atoms with van der Waals surface area (Å²) in [6, 6.07) is 25.3. The number of carbonyl (C=O) groups is 3. The maximum Gasteiger partial charge on any atom is 0.345 e. The molecule has 0 atom stereocenters. The maximum atomic E-state index is 11.5. The molecule has 4 N–H and O–H groups in total. The Labute approximate surface area is 318 Å². The molecule has 54 heavy (non-hydrogen) atoms. The first kappa shape index (κ1) is 38.8. The van der Waals surface area contributed by atoms with E-state index in [1.807, 2.05) is 26.0 Å². The Bertz CT molecular complexity index is 2420. The Hall–Kier alpha value is -6.38. The standard InChI is InChI=1S/C20H16N2O3S.C11H10O2S.C9H10N2O3/c1-11-4-5-12(2)17-15(11)10-16(26-17)19-21-18(22-25-19)13-6-8-14(9-7-13)20(23)24-3;1-6-3-4-7(2)10-8(6)5-9(14-10)11(12)13;1-14-9(12)7-4-2-6(3-5-7)8(10)11-13/h4-10H,1-3H3;3-5H,1-2H3,(H,12,13);2-5,13H,1H3,(H2,10,11). The van der Waals surface area contributed by atoms with Crippen molar-refractivity contribution >= 4 is 66.6 Å². The Kier molecular flexibility index (Phi) is 12.2. The zero-order valence-corrected chi connectivity index (χ0v) is 31.8. The average molecular weight is 765 g/mol. The van der Waals surface area contributed by atoms with Crippen molar-refractivity contribution < 1.29 is 38.7 Å². The lowest BCUT2D eigenvalue weighted by Gasteiger charge is -2.00. The Morgan fingerprint density at radius 1 is 0.704 bits per heavy atom. The second kappa shape index (κ2) is 17.0. The van der Waals surface area contributed by atoms with E-state index in [0.29, 0.717) is 33.3 Å². The summed E-state index contributed by atoms with van der Waals surface area (Å²) in [4.78, 5) is 39.2. The number of carboxylic acids is 1. The van der Waals surface area contributed by atoms with Gasteiger partial charge in [0.05, 0.1) is 30.2 Å². The van der Waals surface area contributed by atoms with Gasteiger partial charge in [0.1, 0.15) is 4.88 Å². The third-order valence-corrected chi connectivity index (χ3v) is 10.8. The third-order valence-electron chi connectivity index (χ3n) is 8.32. The number of nitrogens with zero attached hydrogens (tertiary/aromatic N) is 3. The number of aromatic nitrogens is 2. The molecule has 3 heterocycles. The molecule has 0 bridgehead atoms. The second-order valence-electron chi connectivity index (χ2n) is 12.0. The van der Waals surface area contributed by atoms with Gasteiger partial charge in [0.25, 0.3) is 5.89 Å². The number of nitrogens with two attached hydrogens (primary N) is 1. The number of hydrogen-bond donors (Lipinski definition) is 3. The summed E-state index contributed by atoms with van der Waals surface area (Å²) in [5, 5.41) is 26.4. The average Bonchev–Trinajstić information content (AvgIpc) is 3.98. The molecule has 276 valence electrons. The van der Waals surface area contributed by atoms with Gasteiger partial charge in [-0.3, -0.25) is 0 Å². The highest BCUT2D eigenvalue weighted by atomic mass is 32.1. The van der Waals surface area contributed by atoms with Gasteiger partial charge in [0, 0.05) is 20.5 Å². The number of benzene rings is 4. The summed E-state index contributed by atoms with van der Waals surface area (Å²) in [6.07, 6.45) is 0. The van der Waals surface area contributed by atoms with Crippen molar-refractivity contribution in [1.29, 1.82) is 0 Å². The van der Waals surface area contributed by atoms with E-state index in [1.54, 1.807) is 65.9 Å². The topological polar surface area (TPSA) is 187 Å². The highest BCUT2D eigenvalue weighted by molar-refractivity contribution is 7.22. The number of ether oxygens (including phenoxy) is 2. The number of esters is 2. The van der Waals surface area contributed by atoms with Crippen LogP contribution < -0.4 is 5.73 Å². The van der Waals surface area contributed by atoms with Gasteiger partial charge in [-0.1, -0.05) is 58.8 Å². The van der Waals surface area contributed by atoms with Gasteiger partial charge in [0.2, 0.25) is 5.82 Å². The first-order chi connectivity index (χ1) is 25.8. The molecule has 0 aliphatic heterocycles. The number of carboxylic acid groups (broad SMARTS) is 1. The minimum atomic E-state index is -0.843. The minimum Gasteiger partial charge on any atom is -0.477 e. The lowest BCUT2D eigenvalue weighted by atomic mass is 10.1. The Morgan fingerprint density at radius 3 is 1.67 bits per heavy atom. The van der Waals surface area contributed by atoms with Crippen LogP contribution >= 0.6 is 22.7 Å². The van der Waals surface area contributed by atoms with Crippen molar-refractivity contribution in [2.45, 2.75) is 27.7 Å². The SMILES string of the molecule is COC(=O)c1ccc(-c2noc(-c3cc4c(C)ccc(C)c4s3)n2)cc1.COC(=O)c1ccc(/C(N)=N/O)cc1.Cc1ccc(C)c2sc(C(=O)O)cc12. The van der Waals surface area contributed by atoms with Crippen molar-refractivity contribution in [1.82, 2.24) is 10.1 Å². The van der Waals surface area contributed by atoms with Gasteiger partial charge in [-0.15, -0.1) is 22.7 Å². The van der Waals surface area contributed by atoms with Crippen molar-refractivity contribution in [2.24, 2.45) is 10.9 Å². The Morgan fingerprint density at radius 2 is 1.19 bits per heavy atom. The van der Waals surface area contributed by atoms with E-state index in [1.165, 1.54) is 46.8 Å². The van der Waals surface area contributed by atoms with Crippen molar-refractivity contribution in [3.05, 3.63) is 129 Å². The first-order valence-electron chi connectivity index (χ1n) is 16.3. The molecule has 0 spiro atoms. The van der Waals surface area contributed by atoms with Crippen molar-refractivity contribution in [2.75, 3.05) is 14.2 Å². The van der Waals surface area contributed by atoms with Crippen LogP contribution in [0, 0.1) is 27.7 Å². The van der Waals surface area contributed by atoms with Crippen LogP contribution in [-0.2, 0) is 9.47 Å². The summed E-state index contributed by atoms with van der Waals surface area (Å²) in [7, 11) is 2.66. The predicted octanol–water partition coefficient (Wildman–Crippen LogP) is 8.81. The monoisotopic (exact) mass is 764 g/mol. The van der Waals surface area contributed by atoms with Gasteiger partial charge >= 0.3 is 17.9 Å². The van der Waals surface area contributed by atoms with Crippen LogP contribution in [0.2, 0.25) is 0 Å². The predicted molar refractivity (Wildman–Crippen MR) is 210 cm³/mol. The van der Waals surface area contributed by atoms with Gasteiger partial charge in [-0.05, 0) is 97.1 Å². The summed E-state index contributed by atoms with van der Waals surface area (Å²) in [6.45, 7) is 8.20. The molecule has 7 aromatic rings. The van der Waals surface area contributed by atoms with E-state index in [4.69, 9.17) is 25.3 Å². The lowest BCUT2D eigenvalue weighted by Crippen LogP contribution is -2.13. The molecule has 0 unspecified atom stereocenters. The number of carbonyl (C=O) groups excluding carboxylic acids is 2. The summed E-state index contributed by atoms with van der Waals surface area (Å²) in [5.74, 6) is -0.650. The zero-order chi connectivity index (χ0) is 39.1. The molecule has 0 saturated carbocycles. The summed E-state index contributed by atoms with van der Waals surface area (Å²) in [5.41, 5.74) is 12.3. The maximum absolute atomic E-state index is 11.5. The fraction of sp³-hybridized carbons (Fsp3) is 0.150. The lowest BCUT2D eigenvalue weighted by molar-refractivity contribution is 0.0592. The van der Waals surface area contributed by atoms with E-state index in [2.05, 4.69) is 52.1 Å². The highest BCUT2D eigenvalue weighted by Crippen LogP contribution is 2.37.